The van der Waals surface area contributed by atoms with E-state index in [1.165, 1.54) is 6.07 Å². The standard InChI is InChI=1S/C10H10ClF3N2O/c1-6(16-9(17)4-11)7-2-3-8(15-5-7)10(12,13)14/h2-3,5-6H,4H2,1H3,(H,16,17)/t6-/m1/s1. The Morgan fingerprint density at radius 2 is 2.18 bits per heavy atom. The SMILES string of the molecule is C[C@@H](NC(=O)CCl)c1ccc(C(F)(F)F)nc1. The van der Waals surface area contributed by atoms with Crippen molar-refractivity contribution in [1.82, 2.24) is 10.3 Å². The number of carbonyl (C=O) groups excluding carboxylic acids is 1. The Kier molecular flexibility index (Phi) is 4.34. The zero-order valence-electron chi connectivity index (χ0n) is 8.88. The van der Waals surface area contributed by atoms with Gasteiger partial charge in [-0.2, -0.15) is 13.2 Å². The molecule has 7 heteroatoms. The summed E-state index contributed by atoms with van der Waals surface area (Å²) in [5.41, 5.74) is -0.478. The van der Waals surface area contributed by atoms with E-state index >= 15 is 0 Å². The highest BCUT2D eigenvalue weighted by atomic mass is 35.5. The van der Waals surface area contributed by atoms with Crippen LogP contribution in [-0.4, -0.2) is 16.8 Å². The highest BCUT2D eigenvalue weighted by Crippen LogP contribution is 2.27. The fourth-order valence-corrected chi connectivity index (χ4v) is 1.27. The fraction of sp³-hybridized carbons (Fsp3) is 0.400. The van der Waals surface area contributed by atoms with Gasteiger partial charge in [-0.15, -0.1) is 11.6 Å². The van der Waals surface area contributed by atoms with Gasteiger partial charge >= 0.3 is 6.18 Å². The monoisotopic (exact) mass is 266 g/mol. The Morgan fingerprint density at radius 3 is 2.59 bits per heavy atom. The van der Waals surface area contributed by atoms with E-state index in [1.807, 2.05) is 0 Å². The lowest BCUT2D eigenvalue weighted by atomic mass is 10.1. The molecule has 1 N–H and O–H groups in total. The molecule has 1 aromatic heterocycles. The predicted molar refractivity (Wildman–Crippen MR) is 56.5 cm³/mol. The summed E-state index contributed by atoms with van der Waals surface area (Å²) < 4.78 is 36.7. The van der Waals surface area contributed by atoms with E-state index in [2.05, 4.69) is 10.3 Å². The van der Waals surface area contributed by atoms with Crippen LogP contribution in [0.3, 0.4) is 0 Å². The van der Waals surface area contributed by atoms with E-state index in [1.54, 1.807) is 6.92 Å². The van der Waals surface area contributed by atoms with Gasteiger partial charge in [0.25, 0.3) is 0 Å². The number of pyridine rings is 1. The summed E-state index contributed by atoms with van der Waals surface area (Å²) in [5.74, 6) is -0.586. The lowest BCUT2D eigenvalue weighted by Crippen LogP contribution is -2.27. The van der Waals surface area contributed by atoms with Gasteiger partial charge < -0.3 is 5.32 Å². The summed E-state index contributed by atoms with van der Waals surface area (Å²) in [6.07, 6.45) is -3.37. The highest BCUT2D eigenvalue weighted by molar-refractivity contribution is 6.27. The van der Waals surface area contributed by atoms with Gasteiger partial charge in [0.1, 0.15) is 11.6 Å². The van der Waals surface area contributed by atoms with Crippen LogP contribution >= 0.6 is 11.6 Å². The number of alkyl halides is 4. The van der Waals surface area contributed by atoms with Crippen molar-refractivity contribution in [2.24, 2.45) is 0 Å². The molecule has 0 radical (unpaired) electrons. The highest BCUT2D eigenvalue weighted by Gasteiger charge is 2.32. The molecule has 0 aliphatic rings. The van der Waals surface area contributed by atoms with Crippen LogP contribution in [-0.2, 0) is 11.0 Å². The first-order chi connectivity index (χ1) is 7.84. The first kappa shape index (κ1) is 13.8. The van der Waals surface area contributed by atoms with Crippen molar-refractivity contribution in [3.8, 4) is 0 Å². The number of hydrogen-bond donors (Lipinski definition) is 1. The number of hydrogen-bond acceptors (Lipinski definition) is 2. The number of carbonyl (C=O) groups is 1. The van der Waals surface area contributed by atoms with Crippen molar-refractivity contribution >= 4 is 17.5 Å². The maximum Gasteiger partial charge on any atom is 0.433 e. The first-order valence-electron chi connectivity index (χ1n) is 4.73. The molecular formula is C10H10ClF3N2O. The minimum Gasteiger partial charge on any atom is -0.348 e. The van der Waals surface area contributed by atoms with Gasteiger partial charge in [-0.05, 0) is 18.6 Å². The van der Waals surface area contributed by atoms with Crippen LogP contribution in [0.2, 0.25) is 0 Å². The maximum atomic E-state index is 12.2. The predicted octanol–water partition coefficient (Wildman–Crippen LogP) is 2.52. The molecule has 1 atom stereocenters. The molecule has 0 aromatic carbocycles. The Bertz CT molecular complexity index is 392. The van der Waals surface area contributed by atoms with Crippen molar-refractivity contribution in [3.63, 3.8) is 0 Å². The summed E-state index contributed by atoms with van der Waals surface area (Å²) in [4.78, 5) is 14.3. The van der Waals surface area contributed by atoms with E-state index in [-0.39, 0.29) is 11.8 Å². The van der Waals surface area contributed by atoms with Crippen molar-refractivity contribution < 1.29 is 18.0 Å². The number of rotatable bonds is 3. The van der Waals surface area contributed by atoms with Crippen molar-refractivity contribution in [2.75, 3.05) is 5.88 Å². The number of aromatic nitrogens is 1. The van der Waals surface area contributed by atoms with Gasteiger partial charge in [-0.1, -0.05) is 6.07 Å². The number of halogens is 4. The second kappa shape index (κ2) is 5.35. The topological polar surface area (TPSA) is 42.0 Å². The molecule has 0 bridgehead atoms. The lowest BCUT2D eigenvalue weighted by Gasteiger charge is -2.13. The third kappa shape index (κ3) is 3.89. The summed E-state index contributed by atoms with van der Waals surface area (Å²) in [6.45, 7) is 1.63. The zero-order chi connectivity index (χ0) is 13.1. The molecule has 0 spiro atoms. The Hall–Kier alpha value is -1.30. The van der Waals surface area contributed by atoms with Crippen LogP contribution in [0, 0.1) is 0 Å². The van der Waals surface area contributed by atoms with Gasteiger partial charge in [-0.25, -0.2) is 0 Å². The van der Waals surface area contributed by atoms with Crippen LogP contribution in [0.15, 0.2) is 18.3 Å². The fourth-order valence-electron chi connectivity index (χ4n) is 1.19. The number of amides is 1. The molecule has 1 amide bonds. The molecule has 0 aliphatic heterocycles. The summed E-state index contributed by atoms with van der Waals surface area (Å²) in [6, 6.07) is 1.71. The molecule has 1 heterocycles. The maximum absolute atomic E-state index is 12.2. The molecule has 0 unspecified atom stereocenters. The number of nitrogens with zero attached hydrogens (tertiary/aromatic N) is 1. The molecule has 1 rings (SSSR count). The van der Waals surface area contributed by atoms with Crippen molar-refractivity contribution in [1.29, 1.82) is 0 Å². The van der Waals surface area contributed by atoms with Gasteiger partial charge in [-0.3, -0.25) is 9.78 Å². The molecule has 94 valence electrons. The average Bonchev–Trinajstić information content (AvgIpc) is 2.27. The molecule has 1 aromatic rings. The van der Waals surface area contributed by atoms with E-state index in [0.717, 1.165) is 12.3 Å². The summed E-state index contributed by atoms with van der Waals surface area (Å²) >= 11 is 5.29. The lowest BCUT2D eigenvalue weighted by molar-refractivity contribution is -0.141. The smallest absolute Gasteiger partial charge is 0.348 e. The quantitative estimate of drug-likeness (QED) is 0.854. The zero-order valence-corrected chi connectivity index (χ0v) is 9.64. The van der Waals surface area contributed by atoms with Gasteiger partial charge in [0.05, 0.1) is 6.04 Å². The molecule has 0 fully saturated rings. The van der Waals surface area contributed by atoms with Gasteiger partial charge in [0, 0.05) is 6.20 Å². The molecule has 17 heavy (non-hydrogen) atoms. The molecule has 3 nitrogen and oxygen atoms in total. The van der Waals surface area contributed by atoms with Crippen LogP contribution in [0.25, 0.3) is 0 Å². The van der Waals surface area contributed by atoms with Gasteiger partial charge in [0.15, 0.2) is 0 Å². The summed E-state index contributed by atoms with van der Waals surface area (Å²) in [7, 11) is 0. The minimum absolute atomic E-state index is 0.196. The summed E-state index contributed by atoms with van der Waals surface area (Å²) in [5, 5.41) is 2.51. The van der Waals surface area contributed by atoms with Crippen LogP contribution in [0.1, 0.15) is 24.2 Å². The normalized spacial score (nSPS) is 13.2. The number of nitrogens with one attached hydrogen (secondary N) is 1. The molecular weight excluding hydrogens is 257 g/mol. The van der Waals surface area contributed by atoms with E-state index in [9.17, 15) is 18.0 Å². The molecule has 0 aliphatic carbocycles. The van der Waals surface area contributed by atoms with Crippen LogP contribution in [0.5, 0.6) is 0 Å². The Labute approximate surface area is 101 Å². The minimum atomic E-state index is -4.46. The van der Waals surface area contributed by atoms with Crippen LogP contribution < -0.4 is 5.32 Å². The second-order valence-electron chi connectivity index (χ2n) is 3.40. The third-order valence-corrected chi connectivity index (χ3v) is 2.32. The molecule has 0 saturated heterocycles. The first-order valence-corrected chi connectivity index (χ1v) is 5.26. The van der Waals surface area contributed by atoms with E-state index in [0.29, 0.717) is 5.56 Å². The van der Waals surface area contributed by atoms with Crippen LogP contribution in [0.4, 0.5) is 13.2 Å². The van der Waals surface area contributed by atoms with E-state index in [4.69, 9.17) is 11.6 Å². The largest absolute Gasteiger partial charge is 0.433 e. The third-order valence-electron chi connectivity index (χ3n) is 2.08. The van der Waals surface area contributed by atoms with Crippen molar-refractivity contribution in [3.05, 3.63) is 29.6 Å². The second-order valence-corrected chi connectivity index (χ2v) is 3.66. The van der Waals surface area contributed by atoms with E-state index < -0.39 is 17.9 Å². The molecule has 0 saturated carbocycles. The Morgan fingerprint density at radius 1 is 1.53 bits per heavy atom. The van der Waals surface area contributed by atoms with Gasteiger partial charge in [0.2, 0.25) is 5.91 Å². The Balaban J connectivity index is 2.77. The average molecular weight is 267 g/mol. The van der Waals surface area contributed by atoms with Crippen molar-refractivity contribution in [2.45, 2.75) is 19.1 Å².